The van der Waals surface area contributed by atoms with E-state index in [0.717, 1.165) is 13.1 Å². The SMILES string of the molecule is Clc1ncnc(C2CNCCO2)n1. The van der Waals surface area contributed by atoms with Crippen LogP contribution in [0.2, 0.25) is 5.28 Å². The fraction of sp³-hybridized carbons (Fsp3) is 0.571. The lowest BCUT2D eigenvalue weighted by molar-refractivity contribution is 0.0220. The molecule has 1 N–H and O–H groups in total. The van der Waals surface area contributed by atoms with Crippen molar-refractivity contribution < 1.29 is 4.74 Å². The minimum Gasteiger partial charge on any atom is -0.368 e. The predicted molar refractivity (Wildman–Crippen MR) is 46.4 cm³/mol. The van der Waals surface area contributed by atoms with Gasteiger partial charge in [-0.15, -0.1) is 0 Å². The van der Waals surface area contributed by atoms with Gasteiger partial charge in [0.15, 0.2) is 5.82 Å². The maximum absolute atomic E-state index is 5.63. The molecule has 1 saturated heterocycles. The Morgan fingerprint density at radius 2 is 2.46 bits per heavy atom. The molecule has 0 saturated carbocycles. The van der Waals surface area contributed by atoms with Gasteiger partial charge in [-0.2, -0.15) is 4.98 Å². The van der Waals surface area contributed by atoms with Gasteiger partial charge >= 0.3 is 0 Å². The van der Waals surface area contributed by atoms with Crippen LogP contribution in [0.25, 0.3) is 0 Å². The van der Waals surface area contributed by atoms with Crippen molar-refractivity contribution in [2.45, 2.75) is 6.10 Å². The zero-order valence-corrected chi connectivity index (χ0v) is 7.66. The molecule has 1 atom stereocenters. The zero-order valence-electron chi connectivity index (χ0n) is 6.90. The lowest BCUT2D eigenvalue weighted by atomic mass is 10.3. The number of halogens is 1. The number of nitrogens with zero attached hydrogens (tertiary/aromatic N) is 3. The highest BCUT2D eigenvalue weighted by Gasteiger charge is 2.18. The van der Waals surface area contributed by atoms with Crippen LogP contribution in [0.1, 0.15) is 11.9 Å². The molecule has 2 rings (SSSR count). The minimum absolute atomic E-state index is 0.103. The summed E-state index contributed by atoms with van der Waals surface area (Å²) in [6.45, 7) is 2.27. The van der Waals surface area contributed by atoms with Crippen LogP contribution in [-0.2, 0) is 4.74 Å². The minimum atomic E-state index is -0.103. The Balaban J connectivity index is 2.14. The molecule has 1 aromatic rings. The first-order chi connectivity index (χ1) is 6.36. The highest BCUT2D eigenvalue weighted by atomic mass is 35.5. The molecule has 5 nitrogen and oxygen atoms in total. The lowest BCUT2D eigenvalue weighted by Crippen LogP contribution is -2.34. The monoisotopic (exact) mass is 200 g/mol. The standard InChI is InChI=1S/C7H9ClN4O/c8-7-11-4-10-6(12-7)5-3-9-1-2-13-5/h4-5,9H,1-3H2. The second-order valence-electron chi connectivity index (χ2n) is 2.68. The highest BCUT2D eigenvalue weighted by Crippen LogP contribution is 2.14. The van der Waals surface area contributed by atoms with Crippen LogP contribution in [0.5, 0.6) is 0 Å². The molecule has 1 unspecified atom stereocenters. The number of nitrogens with one attached hydrogen (secondary N) is 1. The quantitative estimate of drug-likeness (QED) is 0.701. The summed E-state index contributed by atoms with van der Waals surface area (Å²) >= 11 is 5.63. The summed E-state index contributed by atoms with van der Waals surface area (Å²) in [6.07, 6.45) is 1.29. The smallest absolute Gasteiger partial charge is 0.225 e. The maximum atomic E-state index is 5.63. The first-order valence-electron chi connectivity index (χ1n) is 4.03. The first-order valence-corrected chi connectivity index (χ1v) is 4.41. The Kier molecular flexibility index (Phi) is 2.68. The Hall–Kier alpha value is -0.780. The molecule has 0 aliphatic carbocycles. The number of rotatable bonds is 1. The summed E-state index contributed by atoms with van der Waals surface area (Å²) in [4.78, 5) is 11.7. The molecule has 2 heterocycles. The van der Waals surface area contributed by atoms with E-state index in [1.807, 2.05) is 0 Å². The largest absolute Gasteiger partial charge is 0.368 e. The van der Waals surface area contributed by atoms with Gasteiger partial charge in [-0.25, -0.2) is 9.97 Å². The van der Waals surface area contributed by atoms with E-state index < -0.39 is 0 Å². The number of hydrogen-bond acceptors (Lipinski definition) is 5. The third kappa shape index (κ3) is 2.12. The van der Waals surface area contributed by atoms with Crippen LogP contribution >= 0.6 is 11.6 Å². The fourth-order valence-electron chi connectivity index (χ4n) is 1.17. The molecule has 0 bridgehead atoms. The van der Waals surface area contributed by atoms with Crippen LogP contribution in [0.15, 0.2) is 6.33 Å². The van der Waals surface area contributed by atoms with Crippen molar-refractivity contribution in [3.05, 3.63) is 17.4 Å². The molecule has 1 aliphatic heterocycles. The third-order valence-corrected chi connectivity index (χ3v) is 1.96. The number of aromatic nitrogens is 3. The zero-order chi connectivity index (χ0) is 9.10. The van der Waals surface area contributed by atoms with Crippen LogP contribution in [0.3, 0.4) is 0 Å². The average Bonchev–Trinajstić information content (AvgIpc) is 2.19. The molecular weight excluding hydrogens is 192 g/mol. The van der Waals surface area contributed by atoms with E-state index in [9.17, 15) is 0 Å². The van der Waals surface area contributed by atoms with E-state index in [2.05, 4.69) is 20.3 Å². The van der Waals surface area contributed by atoms with Gasteiger partial charge in [-0.1, -0.05) is 0 Å². The van der Waals surface area contributed by atoms with Crippen molar-refractivity contribution >= 4 is 11.6 Å². The number of ether oxygens (including phenoxy) is 1. The molecule has 0 aromatic carbocycles. The fourth-order valence-corrected chi connectivity index (χ4v) is 1.30. The van der Waals surface area contributed by atoms with Gasteiger partial charge in [0.05, 0.1) is 6.61 Å². The molecule has 70 valence electrons. The number of hydrogen-bond donors (Lipinski definition) is 1. The average molecular weight is 201 g/mol. The third-order valence-electron chi connectivity index (χ3n) is 1.78. The Morgan fingerprint density at radius 3 is 3.15 bits per heavy atom. The van der Waals surface area contributed by atoms with Crippen molar-refractivity contribution in [3.8, 4) is 0 Å². The van der Waals surface area contributed by atoms with Gasteiger partial charge in [-0.3, -0.25) is 0 Å². The van der Waals surface area contributed by atoms with Gasteiger partial charge in [0.1, 0.15) is 12.4 Å². The molecule has 0 radical (unpaired) electrons. The normalized spacial score (nSPS) is 23.0. The summed E-state index contributed by atoms with van der Waals surface area (Å²) in [5.41, 5.74) is 0. The molecule has 0 spiro atoms. The van der Waals surface area contributed by atoms with Crippen LogP contribution in [0.4, 0.5) is 0 Å². The van der Waals surface area contributed by atoms with E-state index in [1.54, 1.807) is 0 Å². The predicted octanol–water partition coefficient (Wildman–Crippen LogP) is 0.186. The van der Waals surface area contributed by atoms with Crippen LogP contribution in [0, 0.1) is 0 Å². The molecule has 6 heteroatoms. The Bertz CT molecular complexity index is 290. The Morgan fingerprint density at radius 1 is 1.54 bits per heavy atom. The van der Waals surface area contributed by atoms with Crippen molar-refractivity contribution in [2.75, 3.05) is 19.7 Å². The van der Waals surface area contributed by atoms with E-state index in [1.165, 1.54) is 6.33 Å². The summed E-state index contributed by atoms with van der Waals surface area (Å²) < 4.78 is 5.45. The van der Waals surface area contributed by atoms with Crippen molar-refractivity contribution in [2.24, 2.45) is 0 Å². The molecule has 1 fully saturated rings. The second kappa shape index (κ2) is 3.95. The van der Waals surface area contributed by atoms with Crippen LogP contribution < -0.4 is 5.32 Å². The Labute approximate surface area is 80.5 Å². The lowest BCUT2D eigenvalue weighted by Gasteiger charge is -2.21. The van der Waals surface area contributed by atoms with Gasteiger partial charge in [-0.05, 0) is 11.6 Å². The van der Waals surface area contributed by atoms with Gasteiger partial charge < -0.3 is 10.1 Å². The topological polar surface area (TPSA) is 59.9 Å². The summed E-state index contributed by atoms with van der Waals surface area (Å²) in [5, 5.41) is 3.39. The van der Waals surface area contributed by atoms with E-state index >= 15 is 0 Å². The van der Waals surface area contributed by atoms with E-state index in [4.69, 9.17) is 16.3 Å². The molecule has 0 amide bonds. The van der Waals surface area contributed by atoms with Gasteiger partial charge in [0, 0.05) is 13.1 Å². The molecule has 1 aliphatic rings. The molecular formula is C7H9ClN4O. The van der Waals surface area contributed by atoms with E-state index in [-0.39, 0.29) is 11.4 Å². The van der Waals surface area contributed by atoms with Crippen molar-refractivity contribution in [3.63, 3.8) is 0 Å². The summed E-state index contributed by atoms with van der Waals surface area (Å²) in [7, 11) is 0. The molecule has 1 aromatic heterocycles. The molecule has 13 heavy (non-hydrogen) atoms. The van der Waals surface area contributed by atoms with Gasteiger partial charge in [0.25, 0.3) is 0 Å². The van der Waals surface area contributed by atoms with Crippen molar-refractivity contribution in [1.29, 1.82) is 0 Å². The first kappa shape index (κ1) is 8.80. The summed E-state index contributed by atoms with van der Waals surface area (Å²) in [6, 6.07) is 0. The second-order valence-corrected chi connectivity index (χ2v) is 3.01. The van der Waals surface area contributed by atoms with Crippen molar-refractivity contribution in [1.82, 2.24) is 20.3 Å². The maximum Gasteiger partial charge on any atom is 0.225 e. The van der Waals surface area contributed by atoms with Gasteiger partial charge in [0.2, 0.25) is 5.28 Å². The number of morpholine rings is 1. The highest BCUT2D eigenvalue weighted by molar-refractivity contribution is 6.28. The van der Waals surface area contributed by atoms with E-state index in [0.29, 0.717) is 12.4 Å². The van der Waals surface area contributed by atoms with Crippen LogP contribution in [-0.4, -0.2) is 34.6 Å². The summed E-state index contributed by atoms with van der Waals surface area (Å²) in [5.74, 6) is 0.590.